The SMILES string of the molecule is Cn1cncc1CN1CCc2nc(-c3ccc(C(F)(F)F)cc3)n(C)c2C1. The molecule has 0 saturated heterocycles. The lowest BCUT2D eigenvalue weighted by Crippen LogP contribution is -2.31. The molecule has 3 aromatic rings. The van der Waals surface area contributed by atoms with Gasteiger partial charge in [0.05, 0.1) is 29.0 Å². The number of aryl methyl sites for hydroxylation is 1. The van der Waals surface area contributed by atoms with E-state index < -0.39 is 11.7 Å². The molecule has 2 aromatic heterocycles. The molecule has 8 heteroatoms. The van der Waals surface area contributed by atoms with Gasteiger partial charge >= 0.3 is 6.18 Å². The van der Waals surface area contributed by atoms with Crippen molar-refractivity contribution in [1.82, 2.24) is 24.0 Å². The van der Waals surface area contributed by atoms with Crippen molar-refractivity contribution >= 4 is 0 Å². The summed E-state index contributed by atoms with van der Waals surface area (Å²) in [7, 11) is 3.90. The topological polar surface area (TPSA) is 38.9 Å². The second-order valence-electron chi connectivity index (χ2n) is 6.92. The van der Waals surface area contributed by atoms with Gasteiger partial charge in [-0.25, -0.2) is 9.97 Å². The lowest BCUT2D eigenvalue weighted by molar-refractivity contribution is -0.137. The average Bonchev–Trinajstić information content (AvgIpc) is 3.18. The maximum absolute atomic E-state index is 12.8. The maximum atomic E-state index is 12.8. The monoisotopic (exact) mass is 375 g/mol. The summed E-state index contributed by atoms with van der Waals surface area (Å²) in [6, 6.07) is 5.20. The molecule has 0 saturated carbocycles. The number of halogens is 3. The number of benzene rings is 1. The molecule has 0 unspecified atom stereocenters. The molecular formula is C19H20F3N5. The predicted octanol–water partition coefficient (Wildman–Crippen LogP) is 3.40. The van der Waals surface area contributed by atoms with Crippen LogP contribution in [0.3, 0.4) is 0 Å². The zero-order valence-corrected chi connectivity index (χ0v) is 15.2. The van der Waals surface area contributed by atoms with Crippen molar-refractivity contribution < 1.29 is 13.2 Å². The van der Waals surface area contributed by atoms with Crippen molar-refractivity contribution in [2.45, 2.75) is 25.7 Å². The van der Waals surface area contributed by atoms with Crippen LogP contribution in [-0.2, 0) is 39.8 Å². The van der Waals surface area contributed by atoms with Crippen LogP contribution >= 0.6 is 0 Å². The van der Waals surface area contributed by atoms with E-state index in [9.17, 15) is 13.2 Å². The zero-order chi connectivity index (χ0) is 19.2. The summed E-state index contributed by atoms with van der Waals surface area (Å²) in [5.41, 5.74) is 3.32. The Bertz CT molecular complexity index is 953. The smallest absolute Gasteiger partial charge is 0.337 e. The van der Waals surface area contributed by atoms with Crippen LogP contribution in [0.1, 0.15) is 22.6 Å². The van der Waals surface area contributed by atoms with E-state index in [2.05, 4.69) is 9.88 Å². The number of fused-ring (bicyclic) bond motifs is 1. The summed E-state index contributed by atoms with van der Waals surface area (Å²) in [6.07, 6.45) is 0.150. The van der Waals surface area contributed by atoms with Crippen molar-refractivity contribution in [1.29, 1.82) is 0 Å². The highest BCUT2D eigenvalue weighted by molar-refractivity contribution is 5.58. The highest BCUT2D eigenvalue weighted by atomic mass is 19.4. The second kappa shape index (κ2) is 6.53. The second-order valence-corrected chi connectivity index (χ2v) is 6.92. The fourth-order valence-electron chi connectivity index (χ4n) is 3.51. The largest absolute Gasteiger partial charge is 0.416 e. The van der Waals surface area contributed by atoms with Gasteiger partial charge in [-0.2, -0.15) is 13.2 Å². The number of hydrogen-bond donors (Lipinski definition) is 0. The van der Waals surface area contributed by atoms with Crippen LogP contribution < -0.4 is 0 Å². The first-order valence-corrected chi connectivity index (χ1v) is 8.72. The molecule has 0 radical (unpaired) electrons. The van der Waals surface area contributed by atoms with Crippen LogP contribution in [0.15, 0.2) is 36.8 Å². The van der Waals surface area contributed by atoms with E-state index in [1.54, 1.807) is 6.33 Å². The van der Waals surface area contributed by atoms with Gasteiger partial charge in [0, 0.05) is 51.9 Å². The van der Waals surface area contributed by atoms with Gasteiger partial charge in [-0.1, -0.05) is 12.1 Å². The van der Waals surface area contributed by atoms with Gasteiger partial charge in [0.25, 0.3) is 0 Å². The van der Waals surface area contributed by atoms with Crippen LogP contribution in [0.4, 0.5) is 13.2 Å². The number of alkyl halides is 3. The van der Waals surface area contributed by atoms with E-state index in [4.69, 9.17) is 4.98 Å². The van der Waals surface area contributed by atoms with E-state index in [0.29, 0.717) is 11.4 Å². The molecule has 0 bridgehead atoms. The Hall–Kier alpha value is -2.61. The minimum atomic E-state index is -4.33. The molecule has 0 N–H and O–H groups in total. The molecule has 1 aliphatic heterocycles. The number of rotatable bonds is 3. The minimum absolute atomic E-state index is 0.646. The van der Waals surface area contributed by atoms with Crippen molar-refractivity contribution in [3.63, 3.8) is 0 Å². The summed E-state index contributed by atoms with van der Waals surface area (Å²) < 4.78 is 42.3. The van der Waals surface area contributed by atoms with Crippen LogP contribution in [-0.4, -0.2) is 30.5 Å². The highest BCUT2D eigenvalue weighted by Gasteiger charge is 2.30. The van der Waals surface area contributed by atoms with Crippen molar-refractivity contribution in [2.75, 3.05) is 6.54 Å². The lowest BCUT2D eigenvalue weighted by atomic mass is 10.1. The van der Waals surface area contributed by atoms with Crippen LogP contribution in [0, 0.1) is 0 Å². The number of hydrogen-bond acceptors (Lipinski definition) is 3. The molecular weight excluding hydrogens is 355 g/mol. The Kier molecular flexibility index (Phi) is 4.30. The summed E-state index contributed by atoms with van der Waals surface area (Å²) >= 11 is 0. The molecule has 5 nitrogen and oxygen atoms in total. The number of nitrogens with zero attached hydrogens (tertiary/aromatic N) is 5. The van der Waals surface area contributed by atoms with Crippen LogP contribution in [0.2, 0.25) is 0 Å². The third kappa shape index (κ3) is 3.37. The molecule has 0 atom stereocenters. The summed E-state index contributed by atoms with van der Waals surface area (Å²) in [4.78, 5) is 11.2. The van der Waals surface area contributed by atoms with Gasteiger partial charge in [-0.3, -0.25) is 4.90 Å². The van der Waals surface area contributed by atoms with Gasteiger partial charge in [0.2, 0.25) is 0 Å². The van der Waals surface area contributed by atoms with E-state index in [-0.39, 0.29) is 0 Å². The molecule has 1 aromatic carbocycles. The Balaban J connectivity index is 1.58. The Morgan fingerprint density at radius 1 is 1.11 bits per heavy atom. The standard InChI is InChI=1S/C19H20F3N5/c1-25-12-23-9-15(25)10-27-8-7-16-17(11-27)26(2)18(24-16)13-3-5-14(6-4-13)19(20,21)22/h3-6,9,12H,7-8,10-11H2,1-2H3. The molecule has 3 heterocycles. The molecule has 27 heavy (non-hydrogen) atoms. The van der Waals surface area contributed by atoms with Crippen molar-refractivity contribution in [2.24, 2.45) is 14.1 Å². The van der Waals surface area contributed by atoms with Crippen LogP contribution in [0.25, 0.3) is 11.4 Å². The first kappa shape index (κ1) is 17.8. The van der Waals surface area contributed by atoms with E-state index in [0.717, 1.165) is 55.3 Å². The Labute approximate surface area is 155 Å². The first-order valence-electron chi connectivity index (χ1n) is 8.72. The van der Waals surface area contributed by atoms with Gasteiger partial charge in [0.1, 0.15) is 5.82 Å². The highest BCUT2D eigenvalue weighted by Crippen LogP contribution is 2.32. The molecule has 142 valence electrons. The van der Waals surface area contributed by atoms with E-state index in [1.807, 2.05) is 29.4 Å². The predicted molar refractivity (Wildman–Crippen MR) is 94.7 cm³/mol. The summed E-state index contributed by atoms with van der Waals surface area (Å²) in [6.45, 7) is 2.45. The van der Waals surface area contributed by atoms with E-state index in [1.165, 1.54) is 12.1 Å². The molecule has 0 aliphatic carbocycles. The Morgan fingerprint density at radius 3 is 2.48 bits per heavy atom. The molecule has 0 spiro atoms. The third-order valence-corrected chi connectivity index (χ3v) is 5.11. The van der Waals surface area contributed by atoms with Crippen molar-refractivity contribution in [3.05, 3.63) is 59.4 Å². The third-order valence-electron chi connectivity index (χ3n) is 5.11. The molecule has 0 amide bonds. The molecule has 0 fully saturated rings. The summed E-state index contributed by atoms with van der Waals surface area (Å²) in [5.74, 6) is 0.705. The normalized spacial score (nSPS) is 15.1. The minimum Gasteiger partial charge on any atom is -0.337 e. The fourth-order valence-corrected chi connectivity index (χ4v) is 3.51. The number of aromatic nitrogens is 4. The lowest BCUT2D eigenvalue weighted by Gasteiger charge is -2.26. The Morgan fingerprint density at radius 2 is 1.85 bits per heavy atom. The summed E-state index contributed by atoms with van der Waals surface area (Å²) in [5, 5.41) is 0. The quantitative estimate of drug-likeness (QED) is 0.704. The van der Waals surface area contributed by atoms with E-state index >= 15 is 0 Å². The first-order chi connectivity index (χ1) is 12.8. The van der Waals surface area contributed by atoms with Crippen LogP contribution in [0.5, 0.6) is 0 Å². The van der Waals surface area contributed by atoms with Gasteiger partial charge in [0.15, 0.2) is 0 Å². The van der Waals surface area contributed by atoms with Gasteiger partial charge in [-0.05, 0) is 12.1 Å². The van der Waals surface area contributed by atoms with Gasteiger partial charge in [-0.15, -0.1) is 0 Å². The fraction of sp³-hybridized carbons (Fsp3) is 0.368. The zero-order valence-electron chi connectivity index (χ0n) is 15.2. The average molecular weight is 375 g/mol. The maximum Gasteiger partial charge on any atom is 0.416 e. The molecule has 4 rings (SSSR count). The van der Waals surface area contributed by atoms with Gasteiger partial charge < -0.3 is 9.13 Å². The molecule has 1 aliphatic rings. The van der Waals surface area contributed by atoms with Crippen molar-refractivity contribution in [3.8, 4) is 11.4 Å². The number of imidazole rings is 2.